The van der Waals surface area contributed by atoms with E-state index in [4.69, 9.17) is 5.26 Å². The Hall–Kier alpha value is -1.86. The molecule has 3 nitrogen and oxygen atoms in total. The summed E-state index contributed by atoms with van der Waals surface area (Å²) in [6.07, 6.45) is 0. The maximum absolute atomic E-state index is 12.1. The van der Waals surface area contributed by atoms with Gasteiger partial charge in [0.2, 0.25) is 0 Å². The molecule has 0 saturated heterocycles. The van der Waals surface area contributed by atoms with Gasteiger partial charge in [-0.3, -0.25) is 9.36 Å². The number of hydrogen-bond acceptors (Lipinski definition) is 2. The van der Waals surface area contributed by atoms with Crippen molar-refractivity contribution in [2.75, 3.05) is 0 Å². The lowest BCUT2D eigenvalue weighted by molar-refractivity contribution is 0.926. The largest absolute Gasteiger partial charge is 0.280 e. The van der Waals surface area contributed by atoms with Crippen LogP contribution in [0.25, 0.3) is 5.69 Å². The molecule has 0 radical (unpaired) electrons. The molecule has 1 aromatic carbocycles. The molecular formula is C14H11BrN2O. The van der Waals surface area contributed by atoms with Crippen LogP contribution in [0.4, 0.5) is 0 Å². The Bertz CT molecular complexity index is 711. The van der Waals surface area contributed by atoms with Crippen molar-refractivity contribution in [3.63, 3.8) is 0 Å². The number of nitrogens with zero attached hydrogens (tertiary/aromatic N) is 2. The predicted octanol–water partition coefficient (Wildman–Crippen LogP) is 3.09. The second-order valence-corrected chi connectivity index (χ2v) is 4.93. The van der Waals surface area contributed by atoms with Gasteiger partial charge in [-0.1, -0.05) is 15.9 Å². The highest BCUT2D eigenvalue weighted by molar-refractivity contribution is 9.10. The molecule has 0 aliphatic heterocycles. The van der Waals surface area contributed by atoms with Crippen molar-refractivity contribution in [2.45, 2.75) is 13.8 Å². The summed E-state index contributed by atoms with van der Waals surface area (Å²) < 4.78 is 2.55. The third-order valence-electron chi connectivity index (χ3n) is 2.80. The second-order valence-electron chi connectivity index (χ2n) is 4.07. The van der Waals surface area contributed by atoms with E-state index in [1.165, 1.54) is 0 Å². The van der Waals surface area contributed by atoms with Crippen LogP contribution in [-0.4, -0.2) is 4.57 Å². The van der Waals surface area contributed by atoms with Crippen molar-refractivity contribution < 1.29 is 0 Å². The van der Waals surface area contributed by atoms with Gasteiger partial charge >= 0.3 is 0 Å². The lowest BCUT2D eigenvalue weighted by atomic mass is 10.2. The van der Waals surface area contributed by atoms with E-state index in [1.54, 1.807) is 16.7 Å². The van der Waals surface area contributed by atoms with Crippen LogP contribution in [0.2, 0.25) is 0 Å². The Morgan fingerprint density at radius 2 is 1.94 bits per heavy atom. The summed E-state index contributed by atoms with van der Waals surface area (Å²) >= 11 is 3.43. The SMILES string of the molecule is Cc1cc(-n2c(C)ccc(C#N)c2=O)ccc1Br. The van der Waals surface area contributed by atoms with Crippen molar-refractivity contribution in [3.05, 3.63) is 62.0 Å². The van der Waals surface area contributed by atoms with Crippen LogP contribution in [0.5, 0.6) is 0 Å². The Balaban J connectivity index is 2.75. The van der Waals surface area contributed by atoms with Gasteiger partial charge in [0.25, 0.3) is 5.56 Å². The zero-order valence-electron chi connectivity index (χ0n) is 10.1. The van der Waals surface area contributed by atoms with E-state index in [2.05, 4.69) is 15.9 Å². The summed E-state index contributed by atoms with van der Waals surface area (Å²) in [6.45, 7) is 3.81. The minimum absolute atomic E-state index is 0.154. The molecule has 2 aromatic rings. The van der Waals surface area contributed by atoms with Gasteiger partial charge in [-0.05, 0) is 49.7 Å². The molecule has 0 spiro atoms. The molecule has 0 unspecified atom stereocenters. The Morgan fingerprint density at radius 3 is 2.56 bits per heavy atom. The minimum Gasteiger partial charge on any atom is -0.280 e. The first-order valence-corrected chi connectivity index (χ1v) is 6.23. The molecule has 0 amide bonds. The maximum Gasteiger partial charge on any atom is 0.273 e. The van der Waals surface area contributed by atoms with E-state index in [9.17, 15) is 4.79 Å². The van der Waals surface area contributed by atoms with E-state index >= 15 is 0 Å². The normalized spacial score (nSPS) is 10.1. The van der Waals surface area contributed by atoms with Gasteiger partial charge < -0.3 is 0 Å². The van der Waals surface area contributed by atoms with Crippen molar-refractivity contribution in [1.29, 1.82) is 5.26 Å². The summed E-state index contributed by atoms with van der Waals surface area (Å²) in [6, 6.07) is 10.9. The van der Waals surface area contributed by atoms with Crippen LogP contribution in [0.1, 0.15) is 16.8 Å². The van der Waals surface area contributed by atoms with Gasteiger partial charge in [-0.25, -0.2) is 0 Å². The standard InChI is InChI=1S/C14H11BrN2O/c1-9-7-12(5-6-13(9)15)17-10(2)3-4-11(8-16)14(17)18/h3-7H,1-2H3. The average Bonchev–Trinajstić information content (AvgIpc) is 2.34. The number of benzene rings is 1. The number of aryl methyl sites for hydroxylation is 2. The molecule has 0 fully saturated rings. The molecule has 0 atom stereocenters. The molecule has 2 rings (SSSR count). The fourth-order valence-electron chi connectivity index (χ4n) is 1.80. The van der Waals surface area contributed by atoms with Crippen molar-refractivity contribution in [2.24, 2.45) is 0 Å². The number of hydrogen-bond donors (Lipinski definition) is 0. The fraction of sp³-hybridized carbons (Fsp3) is 0.143. The van der Waals surface area contributed by atoms with Crippen LogP contribution in [-0.2, 0) is 0 Å². The number of rotatable bonds is 1. The van der Waals surface area contributed by atoms with E-state index in [0.717, 1.165) is 21.4 Å². The van der Waals surface area contributed by atoms with Crippen LogP contribution in [0, 0.1) is 25.2 Å². The van der Waals surface area contributed by atoms with Crippen molar-refractivity contribution in [3.8, 4) is 11.8 Å². The molecule has 1 aromatic heterocycles. The molecule has 0 saturated carbocycles. The molecule has 4 heteroatoms. The number of pyridine rings is 1. The van der Waals surface area contributed by atoms with Gasteiger partial charge in [-0.15, -0.1) is 0 Å². The van der Waals surface area contributed by atoms with Crippen molar-refractivity contribution >= 4 is 15.9 Å². The Labute approximate surface area is 113 Å². The molecular weight excluding hydrogens is 292 g/mol. The van der Waals surface area contributed by atoms with Gasteiger partial charge in [-0.2, -0.15) is 5.26 Å². The average molecular weight is 303 g/mol. The highest BCUT2D eigenvalue weighted by Gasteiger charge is 2.08. The maximum atomic E-state index is 12.1. The van der Waals surface area contributed by atoms with Gasteiger partial charge in [0.05, 0.1) is 0 Å². The van der Waals surface area contributed by atoms with Crippen LogP contribution >= 0.6 is 15.9 Å². The van der Waals surface area contributed by atoms with E-state index < -0.39 is 0 Å². The minimum atomic E-state index is -0.278. The number of aromatic nitrogens is 1. The van der Waals surface area contributed by atoms with Gasteiger partial charge in [0.15, 0.2) is 0 Å². The first-order valence-electron chi connectivity index (χ1n) is 5.44. The summed E-state index contributed by atoms with van der Waals surface area (Å²) in [5.74, 6) is 0. The summed E-state index contributed by atoms with van der Waals surface area (Å²) in [4.78, 5) is 12.1. The van der Waals surface area contributed by atoms with E-state index in [0.29, 0.717) is 0 Å². The van der Waals surface area contributed by atoms with Crippen LogP contribution in [0.15, 0.2) is 39.6 Å². The number of nitriles is 1. The first kappa shape index (κ1) is 12.6. The molecule has 0 bridgehead atoms. The highest BCUT2D eigenvalue weighted by Crippen LogP contribution is 2.19. The van der Waals surface area contributed by atoms with E-state index in [1.807, 2.05) is 38.1 Å². The molecule has 0 aliphatic carbocycles. The summed E-state index contributed by atoms with van der Waals surface area (Å²) in [7, 11) is 0. The lowest BCUT2D eigenvalue weighted by Crippen LogP contribution is -2.22. The molecule has 1 heterocycles. The third-order valence-corrected chi connectivity index (χ3v) is 3.69. The summed E-state index contributed by atoms with van der Waals surface area (Å²) in [5, 5.41) is 8.91. The Morgan fingerprint density at radius 1 is 1.22 bits per heavy atom. The quantitative estimate of drug-likeness (QED) is 0.812. The molecule has 18 heavy (non-hydrogen) atoms. The topological polar surface area (TPSA) is 45.8 Å². The molecule has 90 valence electrons. The fourth-order valence-corrected chi connectivity index (χ4v) is 2.05. The molecule has 0 N–H and O–H groups in total. The molecule has 0 aliphatic rings. The summed E-state index contributed by atoms with van der Waals surface area (Å²) in [5.41, 5.74) is 2.50. The van der Waals surface area contributed by atoms with Gasteiger partial charge in [0, 0.05) is 15.9 Å². The zero-order valence-corrected chi connectivity index (χ0v) is 11.7. The third kappa shape index (κ3) is 2.09. The van der Waals surface area contributed by atoms with Crippen molar-refractivity contribution in [1.82, 2.24) is 4.57 Å². The van der Waals surface area contributed by atoms with Crippen LogP contribution < -0.4 is 5.56 Å². The first-order chi connectivity index (χ1) is 8.54. The highest BCUT2D eigenvalue weighted by atomic mass is 79.9. The predicted molar refractivity (Wildman–Crippen MR) is 73.9 cm³/mol. The van der Waals surface area contributed by atoms with Gasteiger partial charge in [0.1, 0.15) is 11.6 Å². The number of halogens is 1. The zero-order chi connectivity index (χ0) is 13.3. The smallest absolute Gasteiger partial charge is 0.273 e. The Kier molecular flexibility index (Phi) is 3.35. The monoisotopic (exact) mass is 302 g/mol. The second kappa shape index (κ2) is 4.79. The lowest BCUT2D eigenvalue weighted by Gasteiger charge is -2.11. The van der Waals surface area contributed by atoms with E-state index in [-0.39, 0.29) is 11.1 Å². The van der Waals surface area contributed by atoms with Crippen LogP contribution in [0.3, 0.4) is 0 Å².